The lowest BCUT2D eigenvalue weighted by Crippen LogP contribution is -2.37. The Labute approximate surface area is 119 Å². The van der Waals surface area contributed by atoms with Crippen LogP contribution >= 0.6 is 0 Å². The van der Waals surface area contributed by atoms with Crippen molar-refractivity contribution in [3.05, 3.63) is 23.8 Å². The van der Waals surface area contributed by atoms with Crippen molar-refractivity contribution in [1.82, 2.24) is 0 Å². The van der Waals surface area contributed by atoms with Crippen molar-refractivity contribution in [2.45, 2.75) is 44.6 Å². The van der Waals surface area contributed by atoms with Gasteiger partial charge in [-0.05, 0) is 31.9 Å². The Bertz CT molecular complexity index is 487. The van der Waals surface area contributed by atoms with Gasteiger partial charge in [0.05, 0.1) is 23.8 Å². The van der Waals surface area contributed by atoms with Gasteiger partial charge in [-0.15, -0.1) is 0 Å². The average molecular weight is 275 g/mol. The quantitative estimate of drug-likeness (QED) is 0.897. The largest absolute Gasteiger partial charge is 0.490 e. The molecule has 0 heterocycles. The third kappa shape index (κ3) is 3.64. The van der Waals surface area contributed by atoms with Crippen molar-refractivity contribution in [2.24, 2.45) is 0 Å². The highest BCUT2D eigenvalue weighted by Crippen LogP contribution is 2.32. The molecule has 1 aromatic carbocycles. The molecule has 0 unspecified atom stereocenters. The van der Waals surface area contributed by atoms with Gasteiger partial charge in [-0.2, -0.15) is 5.26 Å². The Morgan fingerprint density at radius 2 is 1.95 bits per heavy atom. The van der Waals surface area contributed by atoms with Crippen LogP contribution < -0.4 is 9.47 Å². The fourth-order valence-electron chi connectivity index (χ4n) is 2.53. The molecule has 2 rings (SSSR count). The van der Waals surface area contributed by atoms with Crippen LogP contribution in [0, 0.1) is 11.3 Å². The summed E-state index contributed by atoms with van der Waals surface area (Å²) in [6.07, 6.45) is 4.85. The summed E-state index contributed by atoms with van der Waals surface area (Å²) in [6, 6.07) is 7.18. The molecule has 0 aliphatic heterocycles. The molecule has 0 radical (unpaired) electrons. The number of benzene rings is 1. The van der Waals surface area contributed by atoms with Gasteiger partial charge in [0.1, 0.15) is 6.61 Å². The average Bonchev–Trinajstić information content (AvgIpc) is 2.47. The molecule has 4 heteroatoms. The highest BCUT2D eigenvalue weighted by atomic mass is 16.5. The minimum atomic E-state index is -0.727. The van der Waals surface area contributed by atoms with Crippen LogP contribution in [-0.2, 0) is 0 Å². The van der Waals surface area contributed by atoms with Gasteiger partial charge < -0.3 is 14.6 Å². The van der Waals surface area contributed by atoms with Gasteiger partial charge in [0.25, 0.3) is 0 Å². The van der Waals surface area contributed by atoms with Crippen LogP contribution in [-0.4, -0.2) is 23.9 Å². The van der Waals surface area contributed by atoms with Crippen molar-refractivity contribution >= 4 is 0 Å². The second-order valence-corrected chi connectivity index (χ2v) is 5.28. The first kappa shape index (κ1) is 14.7. The van der Waals surface area contributed by atoms with Crippen LogP contribution in [0.1, 0.15) is 44.6 Å². The van der Waals surface area contributed by atoms with Gasteiger partial charge >= 0.3 is 0 Å². The molecule has 0 bridgehead atoms. The number of hydrogen-bond donors (Lipinski definition) is 1. The molecule has 0 aromatic heterocycles. The van der Waals surface area contributed by atoms with Crippen molar-refractivity contribution in [2.75, 3.05) is 13.2 Å². The molecule has 1 aliphatic carbocycles. The minimum absolute atomic E-state index is 0.277. The number of ether oxygens (including phenoxy) is 2. The lowest BCUT2D eigenvalue weighted by Gasteiger charge is -2.31. The lowest BCUT2D eigenvalue weighted by molar-refractivity contribution is -0.0344. The number of nitrogens with zero attached hydrogens (tertiary/aromatic N) is 1. The zero-order chi connectivity index (χ0) is 14.4. The summed E-state index contributed by atoms with van der Waals surface area (Å²) in [6.45, 7) is 2.67. The van der Waals surface area contributed by atoms with E-state index in [1.165, 1.54) is 6.42 Å². The van der Waals surface area contributed by atoms with E-state index in [-0.39, 0.29) is 6.61 Å². The van der Waals surface area contributed by atoms with Crippen LogP contribution in [0.25, 0.3) is 0 Å². The highest BCUT2D eigenvalue weighted by Gasteiger charge is 2.30. The van der Waals surface area contributed by atoms with Gasteiger partial charge in [0.2, 0.25) is 0 Å². The van der Waals surface area contributed by atoms with Gasteiger partial charge in [-0.3, -0.25) is 0 Å². The summed E-state index contributed by atoms with van der Waals surface area (Å²) in [7, 11) is 0. The third-order valence-corrected chi connectivity index (χ3v) is 3.65. The van der Waals surface area contributed by atoms with E-state index in [1.807, 2.05) is 6.92 Å². The molecule has 1 N–H and O–H groups in total. The number of hydrogen-bond acceptors (Lipinski definition) is 4. The Morgan fingerprint density at radius 3 is 2.60 bits per heavy atom. The molecular weight excluding hydrogens is 254 g/mol. The molecule has 0 amide bonds. The minimum Gasteiger partial charge on any atom is -0.490 e. The zero-order valence-corrected chi connectivity index (χ0v) is 11.9. The van der Waals surface area contributed by atoms with E-state index >= 15 is 0 Å². The van der Waals surface area contributed by atoms with Crippen molar-refractivity contribution in [1.29, 1.82) is 5.26 Å². The van der Waals surface area contributed by atoms with Gasteiger partial charge in [0, 0.05) is 6.07 Å². The molecule has 4 nitrogen and oxygen atoms in total. The van der Waals surface area contributed by atoms with Gasteiger partial charge in [0.15, 0.2) is 11.5 Å². The van der Waals surface area contributed by atoms with Crippen LogP contribution in [0.15, 0.2) is 18.2 Å². The maximum Gasteiger partial charge on any atom is 0.162 e. The smallest absolute Gasteiger partial charge is 0.162 e. The summed E-state index contributed by atoms with van der Waals surface area (Å²) in [5, 5.41) is 19.3. The number of nitriles is 1. The Kier molecular flexibility index (Phi) is 4.86. The molecule has 1 saturated carbocycles. The summed E-state index contributed by atoms with van der Waals surface area (Å²) in [5.74, 6) is 1.15. The fraction of sp³-hybridized carbons (Fsp3) is 0.562. The fourth-order valence-corrected chi connectivity index (χ4v) is 2.53. The molecule has 0 atom stereocenters. The molecular formula is C16H21NO3. The van der Waals surface area contributed by atoms with E-state index in [0.29, 0.717) is 23.7 Å². The van der Waals surface area contributed by atoms with E-state index in [0.717, 1.165) is 25.7 Å². The monoisotopic (exact) mass is 275 g/mol. The molecule has 1 fully saturated rings. The molecule has 0 saturated heterocycles. The van der Waals surface area contributed by atoms with Crippen LogP contribution in [0.5, 0.6) is 11.5 Å². The molecule has 20 heavy (non-hydrogen) atoms. The first-order valence-electron chi connectivity index (χ1n) is 7.19. The van der Waals surface area contributed by atoms with E-state index < -0.39 is 5.60 Å². The van der Waals surface area contributed by atoms with Crippen LogP contribution in [0.3, 0.4) is 0 Å². The number of rotatable bonds is 5. The molecule has 0 spiro atoms. The van der Waals surface area contributed by atoms with Crippen LogP contribution in [0.2, 0.25) is 0 Å². The predicted molar refractivity (Wildman–Crippen MR) is 75.9 cm³/mol. The third-order valence-electron chi connectivity index (χ3n) is 3.65. The second-order valence-electron chi connectivity index (χ2n) is 5.28. The Balaban J connectivity index is 2.06. The SMILES string of the molecule is CCOc1cc(C#N)ccc1OCC1(O)CCCCC1. The molecule has 1 aromatic rings. The summed E-state index contributed by atoms with van der Waals surface area (Å²) >= 11 is 0. The van der Waals surface area contributed by atoms with Gasteiger partial charge in [-0.25, -0.2) is 0 Å². The van der Waals surface area contributed by atoms with E-state index in [2.05, 4.69) is 6.07 Å². The first-order chi connectivity index (χ1) is 9.67. The van der Waals surface area contributed by atoms with Crippen molar-refractivity contribution < 1.29 is 14.6 Å². The van der Waals surface area contributed by atoms with Crippen molar-refractivity contribution in [3.63, 3.8) is 0 Å². The predicted octanol–water partition coefficient (Wildman–Crippen LogP) is 3.03. The second kappa shape index (κ2) is 6.62. The van der Waals surface area contributed by atoms with E-state index in [1.54, 1.807) is 18.2 Å². The van der Waals surface area contributed by atoms with Gasteiger partial charge in [-0.1, -0.05) is 19.3 Å². The zero-order valence-electron chi connectivity index (χ0n) is 11.9. The normalized spacial score (nSPS) is 17.2. The first-order valence-corrected chi connectivity index (χ1v) is 7.19. The summed E-state index contributed by atoms with van der Waals surface area (Å²) in [5.41, 5.74) is -0.187. The maximum atomic E-state index is 10.4. The van der Waals surface area contributed by atoms with E-state index in [9.17, 15) is 5.11 Å². The van der Waals surface area contributed by atoms with Crippen LogP contribution in [0.4, 0.5) is 0 Å². The summed E-state index contributed by atoms with van der Waals surface area (Å²) in [4.78, 5) is 0. The highest BCUT2D eigenvalue weighted by molar-refractivity contribution is 5.46. The Morgan fingerprint density at radius 1 is 1.20 bits per heavy atom. The molecule has 1 aliphatic rings. The number of aliphatic hydroxyl groups is 1. The molecule has 108 valence electrons. The standard InChI is InChI=1S/C16H21NO3/c1-2-19-15-10-13(11-17)6-7-14(15)20-12-16(18)8-4-3-5-9-16/h6-7,10,18H,2-5,8-9,12H2,1H3. The van der Waals surface area contributed by atoms with Crippen molar-refractivity contribution in [3.8, 4) is 17.6 Å². The summed E-state index contributed by atoms with van der Waals surface area (Å²) < 4.78 is 11.2. The lowest BCUT2D eigenvalue weighted by atomic mass is 9.85. The van der Waals surface area contributed by atoms with E-state index in [4.69, 9.17) is 14.7 Å². The Hall–Kier alpha value is -1.73. The topological polar surface area (TPSA) is 62.5 Å². The maximum absolute atomic E-state index is 10.4.